The summed E-state index contributed by atoms with van der Waals surface area (Å²) in [7, 11) is -1.47. The monoisotopic (exact) mass is 296 g/mol. The maximum atomic E-state index is 12.3. The molecule has 0 saturated carbocycles. The van der Waals surface area contributed by atoms with Crippen molar-refractivity contribution in [1.82, 2.24) is 9.62 Å². The number of piperidine rings is 1. The Bertz CT molecular complexity index is 573. The van der Waals surface area contributed by atoms with Crippen molar-refractivity contribution in [2.45, 2.75) is 30.7 Å². The highest BCUT2D eigenvalue weighted by Gasteiger charge is 2.23. The van der Waals surface area contributed by atoms with Gasteiger partial charge in [0.1, 0.15) is 0 Å². The van der Waals surface area contributed by atoms with Crippen molar-refractivity contribution in [3.8, 4) is 0 Å². The van der Waals surface area contributed by atoms with Crippen LogP contribution in [0.5, 0.6) is 0 Å². The van der Waals surface area contributed by atoms with Gasteiger partial charge >= 0.3 is 0 Å². The molecule has 0 aromatic heterocycles. The summed E-state index contributed by atoms with van der Waals surface area (Å²) in [4.78, 5) is 13.6. The zero-order chi connectivity index (χ0) is 14.8. The predicted molar refractivity (Wildman–Crippen MR) is 77.3 cm³/mol. The summed E-state index contributed by atoms with van der Waals surface area (Å²) in [5.41, 5.74) is 0.517. The number of nitrogens with one attached hydrogen (secondary N) is 1. The Morgan fingerprint density at radius 2 is 1.75 bits per heavy atom. The molecule has 1 fully saturated rings. The predicted octanol–water partition coefficient (Wildman–Crippen LogP) is 1.26. The van der Waals surface area contributed by atoms with Crippen LogP contribution in [0.15, 0.2) is 29.2 Å². The molecular formula is C14H20N2O3S. The fourth-order valence-electron chi connectivity index (χ4n) is 2.28. The van der Waals surface area contributed by atoms with E-state index in [2.05, 4.69) is 9.62 Å². The first-order valence-corrected chi connectivity index (χ1v) is 8.19. The number of carbonyl (C=O) groups excluding carboxylic acids is 1. The SMILES string of the molecule is CC(=O)c1ccc(S(=O)(=O)NC2CCN(C)CC2)cc1. The van der Waals surface area contributed by atoms with Gasteiger partial charge in [-0.15, -0.1) is 0 Å². The van der Waals surface area contributed by atoms with Crippen molar-refractivity contribution >= 4 is 15.8 Å². The number of likely N-dealkylation sites (tertiary alicyclic amines) is 1. The largest absolute Gasteiger partial charge is 0.306 e. The smallest absolute Gasteiger partial charge is 0.240 e. The van der Waals surface area contributed by atoms with Gasteiger partial charge in [-0.05, 0) is 52.0 Å². The van der Waals surface area contributed by atoms with Crippen LogP contribution in [0.4, 0.5) is 0 Å². The van der Waals surface area contributed by atoms with Crippen LogP contribution >= 0.6 is 0 Å². The Morgan fingerprint density at radius 1 is 1.20 bits per heavy atom. The van der Waals surface area contributed by atoms with Crippen LogP contribution in [0.2, 0.25) is 0 Å². The van der Waals surface area contributed by atoms with Gasteiger partial charge in [0.25, 0.3) is 0 Å². The summed E-state index contributed by atoms with van der Waals surface area (Å²) < 4.78 is 27.2. The Kier molecular flexibility index (Phi) is 4.57. The van der Waals surface area contributed by atoms with Crippen molar-refractivity contribution in [3.63, 3.8) is 0 Å². The van der Waals surface area contributed by atoms with E-state index >= 15 is 0 Å². The molecule has 6 heteroatoms. The number of ketones is 1. The molecule has 1 heterocycles. The molecule has 5 nitrogen and oxygen atoms in total. The van der Waals surface area contributed by atoms with Gasteiger partial charge in [0.15, 0.2) is 5.78 Å². The minimum atomic E-state index is -3.50. The van der Waals surface area contributed by atoms with Gasteiger partial charge in [-0.3, -0.25) is 4.79 Å². The van der Waals surface area contributed by atoms with E-state index in [0.717, 1.165) is 25.9 Å². The second kappa shape index (κ2) is 6.03. The van der Waals surface area contributed by atoms with E-state index in [1.165, 1.54) is 19.1 Å². The van der Waals surface area contributed by atoms with E-state index in [1.54, 1.807) is 12.1 Å². The van der Waals surface area contributed by atoms with Crippen molar-refractivity contribution < 1.29 is 13.2 Å². The van der Waals surface area contributed by atoms with Gasteiger partial charge < -0.3 is 4.90 Å². The van der Waals surface area contributed by atoms with Crippen LogP contribution in [-0.2, 0) is 10.0 Å². The lowest BCUT2D eigenvalue weighted by atomic mass is 10.1. The molecular weight excluding hydrogens is 276 g/mol. The molecule has 2 rings (SSSR count). The highest BCUT2D eigenvalue weighted by molar-refractivity contribution is 7.89. The van der Waals surface area contributed by atoms with E-state index < -0.39 is 10.0 Å². The zero-order valence-electron chi connectivity index (χ0n) is 11.8. The van der Waals surface area contributed by atoms with Crippen molar-refractivity contribution in [2.24, 2.45) is 0 Å². The average Bonchev–Trinajstić information content (AvgIpc) is 2.41. The van der Waals surface area contributed by atoms with Crippen LogP contribution in [0.1, 0.15) is 30.1 Å². The average molecular weight is 296 g/mol. The van der Waals surface area contributed by atoms with Gasteiger partial charge in [-0.2, -0.15) is 0 Å². The third kappa shape index (κ3) is 3.65. The van der Waals surface area contributed by atoms with Gasteiger partial charge in [0.05, 0.1) is 4.90 Å². The molecule has 1 N–H and O–H groups in total. The number of hydrogen-bond donors (Lipinski definition) is 1. The molecule has 0 atom stereocenters. The lowest BCUT2D eigenvalue weighted by Crippen LogP contribution is -2.43. The molecule has 1 aliphatic heterocycles. The van der Waals surface area contributed by atoms with E-state index in [0.29, 0.717) is 5.56 Å². The molecule has 110 valence electrons. The molecule has 1 aromatic carbocycles. The van der Waals surface area contributed by atoms with E-state index in [-0.39, 0.29) is 16.7 Å². The van der Waals surface area contributed by atoms with Crippen molar-refractivity contribution in [1.29, 1.82) is 0 Å². The Balaban J connectivity index is 2.08. The van der Waals surface area contributed by atoms with Crippen LogP contribution in [-0.4, -0.2) is 45.3 Å². The van der Waals surface area contributed by atoms with Crippen molar-refractivity contribution in [2.75, 3.05) is 20.1 Å². The first-order valence-electron chi connectivity index (χ1n) is 6.70. The van der Waals surface area contributed by atoms with E-state index in [1.807, 2.05) is 7.05 Å². The lowest BCUT2D eigenvalue weighted by Gasteiger charge is -2.29. The van der Waals surface area contributed by atoms with Crippen molar-refractivity contribution in [3.05, 3.63) is 29.8 Å². The quantitative estimate of drug-likeness (QED) is 0.850. The van der Waals surface area contributed by atoms with Crippen LogP contribution in [0.3, 0.4) is 0 Å². The second-order valence-electron chi connectivity index (χ2n) is 5.28. The summed E-state index contributed by atoms with van der Waals surface area (Å²) in [5.74, 6) is -0.0720. The van der Waals surface area contributed by atoms with Gasteiger partial charge in [0.2, 0.25) is 10.0 Å². The number of hydrogen-bond acceptors (Lipinski definition) is 4. The minimum Gasteiger partial charge on any atom is -0.306 e. The molecule has 0 amide bonds. The number of Topliss-reactive ketones (excluding diaryl/α,β-unsaturated/α-hetero) is 1. The molecule has 20 heavy (non-hydrogen) atoms. The Labute approximate surface area is 120 Å². The Hall–Kier alpha value is -1.24. The first kappa shape index (κ1) is 15.2. The summed E-state index contributed by atoms with van der Waals surface area (Å²) in [6.45, 7) is 3.26. The fraction of sp³-hybridized carbons (Fsp3) is 0.500. The summed E-state index contributed by atoms with van der Waals surface area (Å²) >= 11 is 0. The summed E-state index contributed by atoms with van der Waals surface area (Å²) in [5, 5.41) is 0. The number of carbonyl (C=O) groups is 1. The van der Waals surface area contributed by atoms with Crippen LogP contribution in [0.25, 0.3) is 0 Å². The normalized spacial score (nSPS) is 18.1. The molecule has 0 radical (unpaired) electrons. The zero-order valence-corrected chi connectivity index (χ0v) is 12.6. The molecule has 1 saturated heterocycles. The molecule has 1 aliphatic rings. The number of nitrogens with zero attached hydrogens (tertiary/aromatic N) is 1. The molecule has 0 spiro atoms. The molecule has 1 aromatic rings. The second-order valence-corrected chi connectivity index (χ2v) is 6.99. The fourth-order valence-corrected chi connectivity index (χ4v) is 3.59. The van der Waals surface area contributed by atoms with Crippen LogP contribution in [0, 0.1) is 0 Å². The van der Waals surface area contributed by atoms with E-state index in [4.69, 9.17) is 0 Å². The van der Waals surface area contributed by atoms with Gasteiger partial charge in [-0.25, -0.2) is 13.1 Å². The highest BCUT2D eigenvalue weighted by Crippen LogP contribution is 2.15. The molecule has 0 aliphatic carbocycles. The number of rotatable bonds is 4. The van der Waals surface area contributed by atoms with Crippen LogP contribution < -0.4 is 4.72 Å². The summed E-state index contributed by atoms with van der Waals surface area (Å²) in [6, 6.07) is 6.04. The first-order chi connectivity index (χ1) is 9.38. The maximum absolute atomic E-state index is 12.3. The molecule has 0 bridgehead atoms. The number of benzene rings is 1. The Morgan fingerprint density at radius 3 is 2.25 bits per heavy atom. The third-order valence-electron chi connectivity index (χ3n) is 3.61. The highest BCUT2D eigenvalue weighted by atomic mass is 32.2. The summed E-state index contributed by atoms with van der Waals surface area (Å²) in [6.07, 6.45) is 1.64. The molecule has 0 unspecified atom stereocenters. The lowest BCUT2D eigenvalue weighted by molar-refractivity contribution is 0.101. The topological polar surface area (TPSA) is 66.5 Å². The minimum absolute atomic E-state index is 0.0105. The van der Waals surface area contributed by atoms with Gasteiger partial charge in [-0.1, -0.05) is 12.1 Å². The standard InChI is InChI=1S/C14H20N2O3S/c1-11(17)12-3-5-14(6-4-12)20(18,19)15-13-7-9-16(2)10-8-13/h3-6,13,15H,7-10H2,1-2H3. The third-order valence-corrected chi connectivity index (χ3v) is 5.15. The maximum Gasteiger partial charge on any atom is 0.240 e. The van der Waals surface area contributed by atoms with E-state index in [9.17, 15) is 13.2 Å². The number of sulfonamides is 1. The van der Waals surface area contributed by atoms with Gasteiger partial charge in [0, 0.05) is 11.6 Å².